The number of hydrogen-bond acceptors (Lipinski definition) is 4. The SMILES string of the molecule is COc1ccc2c(C(=O)C(C)N3CCNCC3)cccc2c1Cl.Cl. The van der Waals surface area contributed by atoms with Crippen molar-refractivity contribution in [2.24, 2.45) is 0 Å². The fourth-order valence-electron chi connectivity index (χ4n) is 3.13. The van der Waals surface area contributed by atoms with E-state index in [1.807, 2.05) is 37.3 Å². The van der Waals surface area contributed by atoms with Crippen LogP contribution in [0.15, 0.2) is 30.3 Å². The molecule has 1 unspecified atom stereocenters. The molecule has 4 nitrogen and oxygen atoms in total. The molecule has 1 atom stereocenters. The maximum atomic E-state index is 13.0. The van der Waals surface area contributed by atoms with Crippen molar-refractivity contribution >= 4 is 40.6 Å². The lowest BCUT2D eigenvalue weighted by Gasteiger charge is -2.32. The molecule has 0 bridgehead atoms. The van der Waals surface area contributed by atoms with Crippen LogP contribution in [0.4, 0.5) is 0 Å². The fraction of sp³-hybridized carbons (Fsp3) is 0.389. The second kappa shape index (κ2) is 8.17. The molecule has 1 N–H and O–H groups in total. The Kier molecular flexibility index (Phi) is 6.47. The van der Waals surface area contributed by atoms with Crippen molar-refractivity contribution in [1.29, 1.82) is 0 Å². The monoisotopic (exact) mass is 368 g/mol. The first-order valence-electron chi connectivity index (χ1n) is 7.87. The van der Waals surface area contributed by atoms with E-state index in [1.165, 1.54) is 0 Å². The number of carbonyl (C=O) groups is 1. The second-order valence-corrected chi connectivity index (χ2v) is 6.19. The van der Waals surface area contributed by atoms with Crippen LogP contribution in [0, 0.1) is 0 Å². The third-order valence-electron chi connectivity index (χ3n) is 4.52. The third-order valence-corrected chi connectivity index (χ3v) is 4.91. The van der Waals surface area contributed by atoms with E-state index in [4.69, 9.17) is 16.3 Å². The molecule has 1 heterocycles. The second-order valence-electron chi connectivity index (χ2n) is 5.81. The van der Waals surface area contributed by atoms with Crippen LogP contribution in [0.1, 0.15) is 17.3 Å². The molecule has 6 heteroatoms. The Morgan fingerprint density at radius 1 is 1.21 bits per heavy atom. The summed E-state index contributed by atoms with van der Waals surface area (Å²) in [5.41, 5.74) is 0.720. The Labute approximate surface area is 153 Å². The number of rotatable bonds is 4. The standard InChI is InChI=1S/C18H21ClN2O2.ClH/c1-12(21-10-8-20-9-11-21)18(22)15-5-3-4-14-13(15)6-7-16(23-2)17(14)19;/h3-7,12,20H,8-11H2,1-2H3;1H. The van der Waals surface area contributed by atoms with Gasteiger partial charge in [-0.2, -0.15) is 0 Å². The van der Waals surface area contributed by atoms with Gasteiger partial charge in [-0.05, 0) is 24.4 Å². The highest BCUT2D eigenvalue weighted by atomic mass is 35.5. The lowest BCUT2D eigenvalue weighted by molar-refractivity contribution is 0.0822. The van der Waals surface area contributed by atoms with Crippen LogP contribution in [0.25, 0.3) is 10.8 Å². The molecule has 0 radical (unpaired) electrons. The number of nitrogens with zero attached hydrogens (tertiary/aromatic N) is 1. The lowest BCUT2D eigenvalue weighted by atomic mass is 9.97. The third kappa shape index (κ3) is 3.52. The van der Waals surface area contributed by atoms with Gasteiger partial charge in [-0.3, -0.25) is 9.69 Å². The summed E-state index contributed by atoms with van der Waals surface area (Å²) < 4.78 is 5.26. The summed E-state index contributed by atoms with van der Waals surface area (Å²) in [6, 6.07) is 9.28. The Hall–Kier alpha value is -1.33. The number of carbonyl (C=O) groups excluding carboxylic acids is 1. The smallest absolute Gasteiger partial charge is 0.180 e. The quantitative estimate of drug-likeness (QED) is 0.839. The van der Waals surface area contributed by atoms with Crippen molar-refractivity contribution in [1.82, 2.24) is 10.2 Å². The maximum absolute atomic E-state index is 13.0. The predicted molar refractivity (Wildman–Crippen MR) is 101 cm³/mol. The summed E-state index contributed by atoms with van der Waals surface area (Å²) in [5, 5.41) is 5.60. The Morgan fingerprint density at radius 2 is 1.92 bits per heavy atom. The minimum atomic E-state index is -0.136. The maximum Gasteiger partial charge on any atom is 0.180 e. The van der Waals surface area contributed by atoms with E-state index < -0.39 is 0 Å². The molecule has 1 fully saturated rings. The van der Waals surface area contributed by atoms with Crippen LogP contribution < -0.4 is 10.1 Å². The van der Waals surface area contributed by atoms with Crippen LogP contribution in [-0.4, -0.2) is 50.0 Å². The Balaban J connectivity index is 0.00000208. The van der Waals surface area contributed by atoms with Crippen molar-refractivity contribution < 1.29 is 9.53 Å². The molecule has 130 valence electrons. The molecule has 3 rings (SSSR count). The zero-order chi connectivity index (χ0) is 16.4. The number of hydrogen-bond donors (Lipinski definition) is 1. The summed E-state index contributed by atoms with van der Waals surface area (Å²) >= 11 is 6.39. The molecule has 2 aromatic rings. The van der Waals surface area contributed by atoms with Crippen LogP contribution >= 0.6 is 24.0 Å². The van der Waals surface area contributed by atoms with Crippen LogP contribution in [0.3, 0.4) is 0 Å². The van der Waals surface area contributed by atoms with Gasteiger partial charge >= 0.3 is 0 Å². The lowest BCUT2D eigenvalue weighted by Crippen LogP contribution is -2.50. The first-order valence-corrected chi connectivity index (χ1v) is 8.25. The van der Waals surface area contributed by atoms with E-state index >= 15 is 0 Å². The van der Waals surface area contributed by atoms with Gasteiger partial charge in [-0.1, -0.05) is 29.8 Å². The molecule has 1 aliphatic rings. The number of methoxy groups -OCH3 is 1. The van der Waals surface area contributed by atoms with Crippen molar-refractivity contribution in [3.8, 4) is 5.75 Å². The van der Waals surface area contributed by atoms with Gasteiger partial charge in [-0.25, -0.2) is 0 Å². The topological polar surface area (TPSA) is 41.6 Å². The number of Topliss-reactive ketones (excluding diaryl/α,β-unsaturated/α-hetero) is 1. The molecule has 0 saturated carbocycles. The minimum absolute atomic E-state index is 0. The molecule has 24 heavy (non-hydrogen) atoms. The normalized spacial score (nSPS) is 16.5. The first kappa shape index (κ1) is 19.0. The van der Waals surface area contributed by atoms with Gasteiger partial charge in [0.25, 0.3) is 0 Å². The average Bonchev–Trinajstić information content (AvgIpc) is 2.61. The van der Waals surface area contributed by atoms with E-state index in [-0.39, 0.29) is 24.2 Å². The van der Waals surface area contributed by atoms with Crippen LogP contribution in [-0.2, 0) is 0 Å². The first-order chi connectivity index (χ1) is 11.1. The highest BCUT2D eigenvalue weighted by Gasteiger charge is 2.25. The van der Waals surface area contributed by atoms with Gasteiger partial charge in [0.05, 0.1) is 18.2 Å². The summed E-state index contributed by atoms with van der Waals surface area (Å²) in [6.45, 7) is 5.63. The number of nitrogens with one attached hydrogen (secondary N) is 1. The highest BCUT2D eigenvalue weighted by Crippen LogP contribution is 2.34. The minimum Gasteiger partial charge on any atom is -0.495 e. The van der Waals surface area contributed by atoms with E-state index in [0.717, 1.165) is 42.5 Å². The highest BCUT2D eigenvalue weighted by molar-refractivity contribution is 6.37. The number of benzene rings is 2. The van der Waals surface area contributed by atoms with Crippen molar-refractivity contribution in [2.75, 3.05) is 33.3 Å². The zero-order valence-corrected chi connectivity index (χ0v) is 15.4. The Bertz CT molecular complexity index is 730. The van der Waals surface area contributed by atoms with Gasteiger partial charge in [0.1, 0.15) is 5.75 Å². The summed E-state index contributed by atoms with van der Waals surface area (Å²) in [7, 11) is 1.59. The van der Waals surface area contributed by atoms with Crippen LogP contribution in [0.2, 0.25) is 5.02 Å². The number of ketones is 1. The summed E-state index contributed by atoms with van der Waals surface area (Å²) in [4.78, 5) is 15.2. The summed E-state index contributed by atoms with van der Waals surface area (Å²) in [5.74, 6) is 0.762. The molecular weight excluding hydrogens is 347 g/mol. The number of piperazine rings is 1. The zero-order valence-electron chi connectivity index (χ0n) is 13.8. The molecule has 1 saturated heterocycles. The summed E-state index contributed by atoms with van der Waals surface area (Å²) in [6.07, 6.45) is 0. The molecule has 2 aromatic carbocycles. The number of halogens is 2. The number of fused-ring (bicyclic) bond motifs is 1. The van der Waals surface area contributed by atoms with Crippen molar-refractivity contribution in [3.63, 3.8) is 0 Å². The molecular formula is C18H22Cl2N2O2. The van der Waals surface area contributed by atoms with Crippen molar-refractivity contribution in [2.45, 2.75) is 13.0 Å². The fourth-order valence-corrected chi connectivity index (χ4v) is 3.44. The van der Waals surface area contributed by atoms with E-state index in [2.05, 4.69) is 10.2 Å². The Morgan fingerprint density at radius 3 is 2.58 bits per heavy atom. The van der Waals surface area contributed by atoms with E-state index in [1.54, 1.807) is 7.11 Å². The van der Waals surface area contributed by atoms with Crippen molar-refractivity contribution in [3.05, 3.63) is 40.9 Å². The number of ether oxygens (including phenoxy) is 1. The molecule has 0 spiro atoms. The van der Waals surface area contributed by atoms with Gasteiger partial charge in [0.2, 0.25) is 0 Å². The van der Waals surface area contributed by atoms with Gasteiger partial charge < -0.3 is 10.1 Å². The molecule has 1 aliphatic heterocycles. The van der Waals surface area contributed by atoms with Gasteiger partial charge in [0, 0.05) is 37.1 Å². The molecule has 0 aliphatic carbocycles. The van der Waals surface area contributed by atoms with E-state index in [9.17, 15) is 4.79 Å². The van der Waals surface area contributed by atoms with E-state index in [0.29, 0.717) is 10.8 Å². The van der Waals surface area contributed by atoms with Gasteiger partial charge in [0.15, 0.2) is 5.78 Å². The molecule has 0 amide bonds. The van der Waals surface area contributed by atoms with Gasteiger partial charge in [-0.15, -0.1) is 12.4 Å². The predicted octanol–water partition coefficient (Wildman–Crippen LogP) is 3.40. The largest absolute Gasteiger partial charge is 0.495 e. The average molecular weight is 369 g/mol. The molecule has 0 aromatic heterocycles. The van der Waals surface area contributed by atoms with Crippen LogP contribution in [0.5, 0.6) is 5.75 Å².